The van der Waals surface area contributed by atoms with Crippen LogP contribution in [0, 0.1) is 0 Å². The van der Waals surface area contributed by atoms with Gasteiger partial charge in [-0.25, -0.2) is 9.78 Å². The zero-order valence-corrected chi connectivity index (χ0v) is 21.4. The number of hydrogen-bond donors (Lipinski definition) is 1. The number of hydrogen-bond acceptors (Lipinski definition) is 4. The lowest BCUT2D eigenvalue weighted by Crippen LogP contribution is -2.34. The van der Waals surface area contributed by atoms with Crippen molar-refractivity contribution >= 4 is 46.2 Å². The predicted octanol–water partition coefficient (Wildman–Crippen LogP) is 6.18. The summed E-state index contributed by atoms with van der Waals surface area (Å²) >= 11 is 12.6. The first-order valence-electron chi connectivity index (χ1n) is 11.8. The average Bonchev–Trinajstić information content (AvgIpc) is 3.22. The van der Waals surface area contributed by atoms with E-state index < -0.39 is 0 Å². The summed E-state index contributed by atoms with van der Waals surface area (Å²) in [6.45, 7) is 2.74. The molecule has 6 nitrogen and oxygen atoms in total. The Labute approximate surface area is 220 Å². The SMILES string of the molecule is COc1ccc(C=CCN2CCc3c(c4c(Cl)cccc4n3C(=O)NCc3ccnc(Cl)c3)C2)cc1. The van der Waals surface area contributed by atoms with Crippen LogP contribution in [0.5, 0.6) is 5.75 Å². The van der Waals surface area contributed by atoms with Gasteiger partial charge in [0.2, 0.25) is 0 Å². The molecule has 184 valence electrons. The second-order valence-electron chi connectivity index (χ2n) is 8.70. The van der Waals surface area contributed by atoms with Gasteiger partial charge in [-0.05, 0) is 53.1 Å². The molecule has 4 aromatic rings. The smallest absolute Gasteiger partial charge is 0.326 e. The Hall–Kier alpha value is -3.32. The maximum atomic E-state index is 13.3. The number of carbonyl (C=O) groups is 1. The molecule has 8 heteroatoms. The number of pyridine rings is 1. The van der Waals surface area contributed by atoms with Crippen LogP contribution in [0.1, 0.15) is 22.4 Å². The van der Waals surface area contributed by atoms with Crippen molar-refractivity contribution in [1.29, 1.82) is 0 Å². The first-order chi connectivity index (χ1) is 17.5. The van der Waals surface area contributed by atoms with Gasteiger partial charge in [0.15, 0.2) is 0 Å². The van der Waals surface area contributed by atoms with Gasteiger partial charge in [0, 0.05) is 49.9 Å². The van der Waals surface area contributed by atoms with Crippen molar-refractivity contribution in [3.63, 3.8) is 0 Å². The van der Waals surface area contributed by atoms with Gasteiger partial charge in [-0.1, -0.05) is 53.6 Å². The lowest BCUT2D eigenvalue weighted by atomic mass is 10.0. The maximum absolute atomic E-state index is 13.3. The Morgan fingerprint density at radius 1 is 1.17 bits per heavy atom. The molecule has 1 aliphatic heterocycles. The Bertz CT molecular complexity index is 1430. The van der Waals surface area contributed by atoms with E-state index in [-0.39, 0.29) is 6.03 Å². The van der Waals surface area contributed by atoms with Crippen molar-refractivity contribution in [3.8, 4) is 5.75 Å². The molecule has 0 unspecified atom stereocenters. The molecule has 2 aromatic carbocycles. The molecule has 5 rings (SSSR count). The lowest BCUT2D eigenvalue weighted by molar-refractivity contribution is 0.240. The molecule has 0 atom stereocenters. The van der Waals surface area contributed by atoms with Crippen molar-refractivity contribution in [2.45, 2.75) is 19.5 Å². The maximum Gasteiger partial charge on any atom is 0.326 e. The molecular weight excluding hydrogens is 495 g/mol. The van der Waals surface area contributed by atoms with Gasteiger partial charge >= 0.3 is 6.03 Å². The van der Waals surface area contributed by atoms with Crippen LogP contribution in [-0.2, 0) is 19.5 Å². The third-order valence-corrected chi connectivity index (χ3v) is 6.95. The number of aromatic nitrogens is 2. The van der Waals surface area contributed by atoms with Crippen LogP contribution < -0.4 is 10.1 Å². The minimum absolute atomic E-state index is 0.177. The van der Waals surface area contributed by atoms with Crippen LogP contribution in [0.4, 0.5) is 4.79 Å². The highest BCUT2D eigenvalue weighted by Gasteiger charge is 2.27. The van der Waals surface area contributed by atoms with E-state index in [9.17, 15) is 4.79 Å². The standard InChI is InChI=1S/C28H26Cl2N4O2/c1-36-21-9-7-19(8-10-21)4-3-14-33-15-12-24-22(18-33)27-23(29)5-2-6-25(27)34(24)28(35)32-17-20-11-13-31-26(30)16-20/h2-11,13,16H,12,14-15,17-18H2,1H3,(H,32,35). The summed E-state index contributed by atoms with van der Waals surface area (Å²) in [5, 5.41) is 5.03. The van der Waals surface area contributed by atoms with Crippen LogP contribution in [-0.4, -0.2) is 40.7 Å². The third kappa shape index (κ3) is 5.12. The minimum Gasteiger partial charge on any atom is -0.497 e. The van der Waals surface area contributed by atoms with Gasteiger partial charge in [-0.2, -0.15) is 0 Å². The van der Waals surface area contributed by atoms with E-state index in [1.165, 1.54) is 0 Å². The fraction of sp³-hybridized carbons (Fsp3) is 0.214. The van der Waals surface area contributed by atoms with E-state index in [0.29, 0.717) is 16.7 Å². The second kappa shape index (κ2) is 10.7. The topological polar surface area (TPSA) is 59.4 Å². The molecule has 0 saturated heterocycles. The van der Waals surface area contributed by atoms with Gasteiger partial charge in [-0.3, -0.25) is 9.47 Å². The molecule has 1 N–H and O–H groups in total. The first-order valence-corrected chi connectivity index (χ1v) is 12.5. The molecule has 1 aliphatic rings. The number of carbonyl (C=O) groups excluding carboxylic acids is 1. The normalized spacial score (nSPS) is 13.8. The van der Waals surface area contributed by atoms with Crippen molar-refractivity contribution < 1.29 is 9.53 Å². The fourth-order valence-electron chi connectivity index (χ4n) is 4.67. The van der Waals surface area contributed by atoms with Crippen LogP contribution >= 0.6 is 23.2 Å². The molecule has 0 radical (unpaired) electrons. The number of nitrogens with one attached hydrogen (secondary N) is 1. The van der Waals surface area contributed by atoms with E-state index in [2.05, 4.69) is 27.4 Å². The Kier molecular flexibility index (Phi) is 7.28. The van der Waals surface area contributed by atoms with Crippen LogP contribution in [0.3, 0.4) is 0 Å². The number of ether oxygens (including phenoxy) is 1. The van der Waals surface area contributed by atoms with Gasteiger partial charge < -0.3 is 10.1 Å². The fourth-order valence-corrected chi connectivity index (χ4v) is 5.15. The van der Waals surface area contributed by atoms with Crippen molar-refractivity contribution in [2.24, 2.45) is 0 Å². The summed E-state index contributed by atoms with van der Waals surface area (Å²) in [6, 6.07) is 17.1. The van der Waals surface area contributed by atoms with Crippen LogP contribution in [0.25, 0.3) is 17.0 Å². The number of amides is 1. The molecule has 0 bridgehead atoms. The molecular formula is C28H26Cl2N4O2. The summed E-state index contributed by atoms with van der Waals surface area (Å²) < 4.78 is 7.01. The summed E-state index contributed by atoms with van der Waals surface area (Å²) in [4.78, 5) is 19.7. The predicted molar refractivity (Wildman–Crippen MR) is 145 cm³/mol. The highest BCUT2D eigenvalue weighted by Crippen LogP contribution is 2.35. The summed E-state index contributed by atoms with van der Waals surface area (Å²) in [7, 11) is 1.67. The lowest BCUT2D eigenvalue weighted by Gasteiger charge is -2.27. The summed E-state index contributed by atoms with van der Waals surface area (Å²) in [6.07, 6.45) is 6.67. The van der Waals surface area contributed by atoms with E-state index in [1.54, 1.807) is 23.9 Å². The number of methoxy groups -OCH3 is 1. The molecule has 0 spiro atoms. The van der Waals surface area contributed by atoms with Crippen LogP contribution in [0.15, 0.2) is 66.9 Å². The van der Waals surface area contributed by atoms with Crippen molar-refractivity contribution in [3.05, 3.63) is 99.4 Å². The number of fused-ring (bicyclic) bond motifs is 3. The summed E-state index contributed by atoms with van der Waals surface area (Å²) in [5.41, 5.74) is 4.97. The average molecular weight is 521 g/mol. The number of halogens is 2. The van der Waals surface area contributed by atoms with E-state index >= 15 is 0 Å². The van der Waals surface area contributed by atoms with Gasteiger partial charge in [0.05, 0.1) is 17.6 Å². The van der Waals surface area contributed by atoms with Gasteiger partial charge in [-0.15, -0.1) is 0 Å². The Morgan fingerprint density at radius 3 is 2.78 bits per heavy atom. The quantitative estimate of drug-likeness (QED) is 0.308. The molecule has 0 fully saturated rings. The van der Waals surface area contributed by atoms with E-state index in [1.807, 2.05) is 48.5 Å². The first kappa shape index (κ1) is 24.4. The Morgan fingerprint density at radius 2 is 2.00 bits per heavy atom. The van der Waals surface area contributed by atoms with Gasteiger partial charge in [0.25, 0.3) is 0 Å². The summed E-state index contributed by atoms with van der Waals surface area (Å²) in [5.74, 6) is 0.845. The zero-order chi connectivity index (χ0) is 25.1. The van der Waals surface area contributed by atoms with E-state index in [4.69, 9.17) is 27.9 Å². The van der Waals surface area contributed by atoms with Gasteiger partial charge in [0.1, 0.15) is 10.9 Å². The van der Waals surface area contributed by atoms with Crippen LogP contribution in [0.2, 0.25) is 10.2 Å². The molecule has 0 aliphatic carbocycles. The third-order valence-electron chi connectivity index (χ3n) is 6.43. The molecule has 0 saturated carbocycles. The number of rotatable bonds is 6. The molecule has 2 aromatic heterocycles. The molecule has 3 heterocycles. The number of benzene rings is 2. The zero-order valence-electron chi connectivity index (χ0n) is 19.9. The number of nitrogens with zero attached hydrogens (tertiary/aromatic N) is 3. The van der Waals surface area contributed by atoms with Crippen molar-refractivity contribution in [2.75, 3.05) is 20.2 Å². The highest BCUT2D eigenvalue weighted by molar-refractivity contribution is 6.36. The minimum atomic E-state index is -0.177. The molecule has 36 heavy (non-hydrogen) atoms. The van der Waals surface area contributed by atoms with Crippen molar-refractivity contribution in [1.82, 2.24) is 19.8 Å². The largest absolute Gasteiger partial charge is 0.497 e. The monoisotopic (exact) mass is 520 g/mol. The highest BCUT2D eigenvalue weighted by atomic mass is 35.5. The second-order valence-corrected chi connectivity index (χ2v) is 9.50. The molecule has 1 amide bonds. The Balaban J connectivity index is 1.36. The van der Waals surface area contributed by atoms with E-state index in [0.717, 1.165) is 65.1 Å².